The summed E-state index contributed by atoms with van der Waals surface area (Å²) in [6.07, 6.45) is 0.435. The molecule has 18 heteroatoms. The number of nitrogens with one attached hydrogen (secondary N) is 6. The molecule has 6 N–H and O–H groups in total. The fraction of sp³-hybridized carbons (Fsp3) is 0.842. The molecule has 0 aromatic heterocycles. The van der Waals surface area contributed by atoms with Gasteiger partial charge in [0.1, 0.15) is 16.8 Å². The van der Waals surface area contributed by atoms with Crippen LogP contribution in [-0.4, -0.2) is 132 Å². The summed E-state index contributed by atoms with van der Waals surface area (Å²) in [5.74, 6) is -0.598. The maximum atomic E-state index is 12.3. The van der Waals surface area contributed by atoms with E-state index in [0.29, 0.717) is 58.5 Å². The van der Waals surface area contributed by atoms with Crippen molar-refractivity contribution in [2.75, 3.05) is 78.9 Å². The smallest absolute Gasteiger partial charge is 0.407 e. The third-order valence-corrected chi connectivity index (χ3v) is 6.80. The van der Waals surface area contributed by atoms with E-state index in [1.165, 1.54) is 0 Å². The summed E-state index contributed by atoms with van der Waals surface area (Å²) in [4.78, 5) is 72.1. The molecular weight excluding hydrogens is 732 g/mol. The molecule has 56 heavy (non-hydrogen) atoms. The standard InChI is InChI=1S/C38H72N6O12/c1-35(2,3)54-32(48)42-20-11-17-39-29(45)14-23-51-26-38(10,27-52-24-15-30(46)40-18-12-21-43-33(49)55-36(4,5)6)28-53-25-16-31(47)41-19-13-22-44-34(50)56-37(7,8)9/h11-28H2,1-10H3,(H,39,45)(H,40,46)(H,41,47)(H,42,48)(H,43,49)(H,44,50). The van der Waals surface area contributed by atoms with Crippen molar-refractivity contribution in [2.45, 2.75) is 125 Å². The molecule has 0 saturated heterocycles. The Labute approximate surface area is 333 Å². The quantitative estimate of drug-likeness (QED) is 0.0519. The Balaban J connectivity index is 4.65. The summed E-state index contributed by atoms with van der Waals surface area (Å²) in [7, 11) is 0. The molecular formula is C38H72N6O12. The lowest BCUT2D eigenvalue weighted by atomic mass is 9.94. The zero-order chi connectivity index (χ0) is 42.7. The van der Waals surface area contributed by atoms with E-state index < -0.39 is 40.5 Å². The topological polar surface area (TPSA) is 230 Å². The third kappa shape index (κ3) is 34.6. The second-order valence-corrected chi connectivity index (χ2v) is 16.6. The molecule has 6 amide bonds. The molecule has 0 aromatic carbocycles. The largest absolute Gasteiger partial charge is 0.444 e. The van der Waals surface area contributed by atoms with Gasteiger partial charge in [0.05, 0.1) is 39.6 Å². The molecule has 0 aliphatic rings. The van der Waals surface area contributed by atoms with Crippen LogP contribution in [0.5, 0.6) is 0 Å². The molecule has 0 fully saturated rings. The second-order valence-electron chi connectivity index (χ2n) is 16.6. The van der Waals surface area contributed by atoms with E-state index in [4.69, 9.17) is 28.4 Å². The lowest BCUT2D eigenvalue weighted by Crippen LogP contribution is -2.36. The molecule has 0 bridgehead atoms. The van der Waals surface area contributed by atoms with Crippen molar-refractivity contribution < 1.29 is 57.2 Å². The summed E-state index contributed by atoms with van der Waals surface area (Å²) in [5.41, 5.74) is -2.42. The molecule has 0 aromatic rings. The Bertz CT molecular complexity index is 1040. The number of carbonyl (C=O) groups excluding carboxylic acids is 6. The molecule has 18 nitrogen and oxygen atoms in total. The van der Waals surface area contributed by atoms with Crippen molar-refractivity contribution in [1.82, 2.24) is 31.9 Å². The van der Waals surface area contributed by atoms with Gasteiger partial charge in [-0.3, -0.25) is 14.4 Å². The van der Waals surface area contributed by atoms with Crippen LogP contribution in [0.25, 0.3) is 0 Å². The SMILES string of the molecule is CC(COCCC(=O)NCCCNC(=O)OC(C)(C)C)(COCCC(=O)NCCCNC(=O)OC(C)(C)C)COCCC(=O)NCCCNC(=O)OC(C)(C)C. The van der Waals surface area contributed by atoms with Crippen molar-refractivity contribution in [1.29, 1.82) is 0 Å². The van der Waals surface area contributed by atoms with Crippen molar-refractivity contribution in [3.63, 3.8) is 0 Å². The van der Waals surface area contributed by atoms with Gasteiger partial charge in [-0.05, 0) is 81.6 Å². The van der Waals surface area contributed by atoms with E-state index in [2.05, 4.69) is 31.9 Å². The normalized spacial score (nSPS) is 11.9. The van der Waals surface area contributed by atoms with Crippen molar-refractivity contribution in [3.8, 4) is 0 Å². The number of ether oxygens (including phenoxy) is 6. The van der Waals surface area contributed by atoms with Crippen molar-refractivity contribution >= 4 is 36.0 Å². The minimum atomic E-state index is -0.655. The lowest BCUT2D eigenvalue weighted by molar-refractivity contribution is -0.123. The van der Waals surface area contributed by atoms with E-state index in [1.54, 1.807) is 62.3 Å². The summed E-state index contributed by atoms with van der Waals surface area (Å²) in [6, 6.07) is 0. The second kappa shape index (κ2) is 27.7. The lowest BCUT2D eigenvalue weighted by Gasteiger charge is -2.29. The van der Waals surface area contributed by atoms with Gasteiger partial charge in [-0.2, -0.15) is 0 Å². The fourth-order valence-electron chi connectivity index (χ4n) is 4.30. The van der Waals surface area contributed by atoms with E-state index >= 15 is 0 Å². The Morgan fingerprint density at radius 3 is 0.839 bits per heavy atom. The van der Waals surface area contributed by atoms with Gasteiger partial charge < -0.3 is 60.3 Å². The van der Waals surface area contributed by atoms with E-state index in [0.717, 1.165) is 0 Å². The highest BCUT2D eigenvalue weighted by molar-refractivity contribution is 5.76. The van der Waals surface area contributed by atoms with Gasteiger partial charge in [0.25, 0.3) is 0 Å². The molecule has 0 heterocycles. The molecule has 326 valence electrons. The van der Waals surface area contributed by atoms with E-state index in [-0.39, 0.29) is 76.6 Å². The first kappa shape index (κ1) is 52.1. The Hall–Kier alpha value is -3.90. The monoisotopic (exact) mass is 805 g/mol. The molecule has 0 aliphatic carbocycles. The number of hydrogen-bond donors (Lipinski definition) is 6. The van der Waals surface area contributed by atoms with Crippen LogP contribution in [0, 0.1) is 5.41 Å². The summed E-state index contributed by atoms with van der Waals surface area (Å²) in [5, 5.41) is 16.3. The maximum absolute atomic E-state index is 12.3. The van der Waals surface area contributed by atoms with Gasteiger partial charge >= 0.3 is 18.3 Å². The van der Waals surface area contributed by atoms with Gasteiger partial charge in [-0.25, -0.2) is 14.4 Å². The van der Waals surface area contributed by atoms with Gasteiger partial charge in [0.2, 0.25) is 17.7 Å². The van der Waals surface area contributed by atoms with Crippen LogP contribution in [0.3, 0.4) is 0 Å². The van der Waals surface area contributed by atoms with E-state index in [9.17, 15) is 28.8 Å². The minimum Gasteiger partial charge on any atom is -0.444 e. The molecule has 0 saturated carbocycles. The van der Waals surface area contributed by atoms with Gasteiger partial charge in [0.15, 0.2) is 0 Å². The average molecular weight is 805 g/mol. The van der Waals surface area contributed by atoms with Crippen LogP contribution < -0.4 is 31.9 Å². The van der Waals surface area contributed by atoms with Crippen LogP contribution in [0.4, 0.5) is 14.4 Å². The van der Waals surface area contributed by atoms with E-state index in [1.807, 2.05) is 6.92 Å². The van der Waals surface area contributed by atoms with Crippen molar-refractivity contribution in [3.05, 3.63) is 0 Å². The fourth-order valence-corrected chi connectivity index (χ4v) is 4.30. The number of hydrogen-bond acceptors (Lipinski definition) is 12. The first-order valence-electron chi connectivity index (χ1n) is 19.4. The molecule has 0 rings (SSSR count). The minimum absolute atomic E-state index is 0.123. The zero-order valence-electron chi connectivity index (χ0n) is 35.6. The predicted octanol–water partition coefficient (Wildman–Crippen LogP) is 3.31. The number of rotatable bonds is 27. The van der Waals surface area contributed by atoms with Gasteiger partial charge in [-0.1, -0.05) is 6.92 Å². The average Bonchev–Trinajstić information content (AvgIpc) is 3.04. The number of amides is 6. The predicted molar refractivity (Wildman–Crippen MR) is 210 cm³/mol. The molecule has 0 unspecified atom stereocenters. The van der Waals surface area contributed by atoms with Crippen LogP contribution >= 0.6 is 0 Å². The van der Waals surface area contributed by atoms with Crippen LogP contribution in [0.15, 0.2) is 0 Å². The Morgan fingerprint density at radius 1 is 0.375 bits per heavy atom. The maximum Gasteiger partial charge on any atom is 0.407 e. The highest BCUT2D eigenvalue weighted by atomic mass is 16.6. The summed E-state index contributed by atoms with van der Waals surface area (Å²) < 4.78 is 33.1. The highest BCUT2D eigenvalue weighted by Gasteiger charge is 2.27. The van der Waals surface area contributed by atoms with Crippen LogP contribution in [0.1, 0.15) is 108 Å². The molecule has 0 radical (unpaired) electrons. The molecule has 0 atom stereocenters. The van der Waals surface area contributed by atoms with Gasteiger partial charge in [0, 0.05) is 63.9 Å². The Morgan fingerprint density at radius 2 is 0.607 bits per heavy atom. The van der Waals surface area contributed by atoms with Crippen LogP contribution in [-0.2, 0) is 42.8 Å². The van der Waals surface area contributed by atoms with Gasteiger partial charge in [-0.15, -0.1) is 0 Å². The summed E-state index contributed by atoms with van der Waals surface area (Å²) >= 11 is 0. The number of alkyl carbamates (subject to hydrolysis) is 3. The highest BCUT2D eigenvalue weighted by Crippen LogP contribution is 2.19. The zero-order valence-corrected chi connectivity index (χ0v) is 35.6. The number of carbonyl (C=O) groups is 6. The summed E-state index contributed by atoms with van der Waals surface area (Å²) in [6.45, 7) is 21.1. The third-order valence-electron chi connectivity index (χ3n) is 6.80. The Kier molecular flexibility index (Phi) is 25.7. The first-order chi connectivity index (χ1) is 26.0. The molecule has 0 spiro atoms. The van der Waals surface area contributed by atoms with Crippen LogP contribution in [0.2, 0.25) is 0 Å². The van der Waals surface area contributed by atoms with Crippen molar-refractivity contribution in [2.24, 2.45) is 5.41 Å². The first-order valence-corrected chi connectivity index (χ1v) is 19.4. The molecule has 0 aliphatic heterocycles.